The smallest absolute Gasteiger partial charge is 0.238 e. The highest BCUT2D eigenvalue weighted by Gasteiger charge is 2.49. The Morgan fingerprint density at radius 1 is 1.12 bits per heavy atom. The molecule has 1 aliphatic heterocycles. The van der Waals surface area contributed by atoms with E-state index in [1.54, 1.807) is 13.2 Å². The van der Waals surface area contributed by atoms with Gasteiger partial charge in [0.1, 0.15) is 5.75 Å². The van der Waals surface area contributed by atoms with E-state index in [2.05, 4.69) is 10.2 Å². The summed E-state index contributed by atoms with van der Waals surface area (Å²) < 4.78 is 10.5. The van der Waals surface area contributed by atoms with E-state index >= 15 is 0 Å². The van der Waals surface area contributed by atoms with E-state index in [9.17, 15) is 15.0 Å². The Labute approximate surface area is 189 Å². The van der Waals surface area contributed by atoms with Gasteiger partial charge in [-0.25, -0.2) is 0 Å². The SMILES string of the molecule is COc1ccc(NC(=O)CN2CC[C@@]3(O)CCCC[C@@H]3[C@@H]2c2ccc(O)c(OC)c2)cc1. The second kappa shape index (κ2) is 9.38. The zero-order valence-electron chi connectivity index (χ0n) is 18.7. The molecule has 1 heterocycles. The van der Waals surface area contributed by atoms with Gasteiger partial charge in [0.05, 0.1) is 26.4 Å². The normalized spacial score (nSPS) is 25.6. The van der Waals surface area contributed by atoms with Gasteiger partial charge in [-0.3, -0.25) is 9.69 Å². The lowest BCUT2D eigenvalue weighted by Gasteiger charge is -2.52. The quantitative estimate of drug-likeness (QED) is 0.634. The number of carbonyl (C=O) groups is 1. The number of aliphatic hydroxyl groups is 1. The van der Waals surface area contributed by atoms with Gasteiger partial charge in [-0.05, 0) is 61.2 Å². The predicted octanol–water partition coefficient (Wildman–Crippen LogP) is 3.72. The summed E-state index contributed by atoms with van der Waals surface area (Å²) in [6.07, 6.45) is 4.43. The summed E-state index contributed by atoms with van der Waals surface area (Å²) in [4.78, 5) is 15.1. The first-order valence-corrected chi connectivity index (χ1v) is 11.2. The fraction of sp³-hybridized carbons (Fsp3) is 0.480. The van der Waals surface area contributed by atoms with Gasteiger partial charge in [-0.2, -0.15) is 0 Å². The highest BCUT2D eigenvalue weighted by molar-refractivity contribution is 5.92. The van der Waals surface area contributed by atoms with Gasteiger partial charge in [0, 0.05) is 24.2 Å². The average Bonchev–Trinajstić information content (AvgIpc) is 2.80. The van der Waals surface area contributed by atoms with Gasteiger partial charge in [0.15, 0.2) is 11.5 Å². The molecule has 3 N–H and O–H groups in total. The number of nitrogens with zero attached hydrogens (tertiary/aromatic N) is 1. The molecule has 1 aliphatic carbocycles. The number of aromatic hydroxyl groups is 1. The number of phenolic OH excluding ortho intramolecular Hbond substituents is 1. The first-order chi connectivity index (χ1) is 15.4. The minimum Gasteiger partial charge on any atom is -0.504 e. The Balaban J connectivity index is 1.58. The molecule has 0 aromatic heterocycles. The lowest BCUT2D eigenvalue weighted by Crippen LogP contribution is -2.56. The van der Waals surface area contributed by atoms with Crippen LogP contribution in [0.5, 0.6) is 17.2 Å². The van der Waals surface area contributed by atoms with E-state index in [1.807, 2.05) is 36.4 Å². The Hall–Kier alpha value is -2.77. The van der Waals surface area contributed by atoms with Crippen molar-refractivity contribution in [2.45, 2.75) is 43.7 Å². The molecule has 1 amide bonds. The number of methoxy groups -OCH3 is 2. The molecule has 32 heavy (non-hydrogen) atoms. The highest BCUT2D eigenvalue weighted by Crippen LogP contribution is 2.50. The number of phenols is 1. The summed E-state index contributed by atoms with van der Waals surface area (Å²) in [5.41, 5.74) is 0.934. The van der Waals surface area contributed by atoms with Crippen LogP contribution >= 0.6 is 0 Å². The number of fused-ring (bicyclic) bond motifs is 1. The molecule has 4 rings (SSSR count). The molecule has 2 aliphatic rings. The molecule has 0 bridgehead atoms. The van der Waals surface area contributed by atoms with Crippen molar-refractivity contribution < 1.29 is 24.5 Å². The third-order valence-corrected chi connectivity index (χ3v) is 6.94. The second-order valence-corrected chi connectivity index (χ2v) is 8.83. The molecule has 0 spiro atoms. The summed E-state index contributed by atoms with van der Waals surface area (Å²) in [5.74, 6) is 1.13. The van der Waals surface area contributed by atoms with Crippen LogP contribution in [0.3, 0.4) is 0 Å². The minimum atomic E-state index is -0.725. The number of carbonyl (C=O) groups excluding carboxylic acids is 1. The number of rotatable bonds is 6. The third kappa shape index (κ3) is 4.54. The molecule has 172 valence electrons. The predicted molar refractivity (Wildman–Crippen MR) is 122 cm³/mol. The Morgan fingerprint density at radius 2 is 1.91 bits per heavy atom. The van der Waals surface area contributed by atoms with E-state index in [0.717, 1.165) is 37.0 Å². The number of hydrogen-bond donors (Lipinski definition) is 3. The number of likely N-dealkylation sites (tertiary alicyclic amines) is 1. The first kappa shape index (κ1) is 22.4. The van der Waals surface area contributed by atoms with E-state index in [4.69, 9.17) is 9.47 Å². The maximum Gasteiger partial charge on any atom is 0.238 e. The van der Waals surface area contributed by atoms with Crippen molar-refractivity contribution in [2.75, 3.05) is 32.6 Å². The van der Waals surface area contributed by atoms with Crippen LogP contribution in [-0.4, -0.2) is 53.9 Å². The number of anilines is 1. The summed E-state index contributed by atoms with van der Waals surface area (Å²) in [6.45, 7) is 0.837. The van der Waals surface area contributed by atoms with Gasteiger partial charge >= 0.3 is 0 Å². The zero-order valence-corrected chi connectivity index (χ0v) is 18.7. The Kier molecular flexibility index (Phi) is 6.58. The minimum absolute atomic E-state index is 0.0213. The van der Waals surface area contributed by atoms with Gasteiger partial charge in [0.25, 0.3) is 0 Å². The van der Waals surface area contributed by atoms with Crippen LogP contribution < -0.4 is 14.8 Å². The molecule has 0 radical (unpaired) electrons. The zero-order chi connectivity index (χ0) is 22.7. The number of benzene rings is 2. The van der Waals surface area contributed by atoms with Crippen LogP contribution in [0, 0.1) is 5.92 Å². The molecule has 1 saturated heterocycles. The lowest BCUT2D eigenvalue weighted by molar-refractivity contribution is -0.135. The fourth-order valence-corrected chi connectivity index (χ4v) is 5.30. The van der Waals surface area contributed by atoms with Crippen LogP contribution in [0.4, 0.5) is 5.69 Å². The summed E-state index contributed by atoms with van der Waals surface area (Å²) >= 11 is 0. The third-order valence-electron chi connectivity index (χ3n) is 6.94. The van der Waals surface area contributed by atoms with Crippen LogP contribution in [0.25, 0.3) is 0 Å². The van der Waals surface area contributed by atoms with E-state index in [0.29, 0.717) is 24.4 Å². The van der Waals surface area contributed by atoms with Gasteiger partial charge in [0.2, 0.25) is 5.91 Å². The molecular formula is C25H32N2O5. The molecule has 2 aromatic rings. The molecule has 1 saturated carbocycles. The fourth-order valence-electron chi connectivity index (χ4n) is 5.30. The van der Waals surface area contributed by atoms with Crippen LogP contribution in [0.15, 0.2) is 42.5 Å². The van der Waals surface area contributed by atoms with E-state index in [-0.39, 0.29) is 30.2 Å². The first-order valence-electron chi connectivity index (χ1n) is 11.2. The molecule has 7 heteroatoms. The van der Waals surface area contributed by atoms with Gasteiger partial charge in [-0.15, -0.1) is 0 Å². The average molecular weight is 441 g/mol. The maximum atomic E-state index is 12.9. The number of ether oxygens (including phenoxy) is 2. The Bertz CT molecular complexity index is 948. The molecule has 7 nitrogen and oxygen atoms in total. The standard InChI is InChI=1S/C25H32N2O5/c1-31-19-9-7-18(8-10-19)26-23(29)16-27-14-13-25(30)12-4-3-5-20(25)24(27)17-6-11-21(28)22(15-17)32-2/h6-11,15,20,24,28,30H,3-5,12-14,16H2,1-2H3,(H,26,29)/t20-,24+,25+/m1/s1. The van der Waals surface area contributed by atoms with E-state index in [1.165, 1.54) is 7.11 Å². The van der Waals surface area contributed by atoms with Crippen molar-refractivity contribution in [1.82, 2.24) is 4.90 Å². The molecule has 3 atom stereocenters. The topological polar surface area (TPSA) is 91.3 Å². The number of hydrogen-bond acceptors (Lipinski definition) is 6. The van der Waals surface area contributed by atoms with Crippen LogP contribution in [0.1, 0.15) is 43.7 Å². The van der Waals surface area contributed by atoms with Crippen LogP contribution in [0.2, 0.25) is 0 Å². The van der Waals surface area contributed by atoms with Crippen LogP contribution in [-0.2, 0) is 4.79 Å². The van der Waals surface area contributed by atoms with Crippen molar-refractivity contribution in [2.24, 2.45) is 5.92 Å². The van der Waals surface area contributed by atoms with Crippen molar-refractivity contribution in [3.05, 3.63) is 48.0 Å². The summed E-state index contributed by atoms with van der Waals surface area (Å²) in [7, 11) is 3.13. The van der Waals surface area contributed by atoms with Crippen molar-refractivity contribution >= 4 is 11.6 Å². The highest BCUT2D eigenvalue weighted by atomic mass is 16.5. The number of piperidine rings is 1. The monoisotopic (exact) mass is 440 g/mol. The van der Waals surface area contributed by atoms with E-state index < -0.39 is 5.60 Å². The van der Waals surface area contributed by atoms with Gasteiger partial charge in [-0.1, -0.05) is 18.9 Å². The second-order valence-electron chi connectivity index (χ2n) is 8.83. The summed E-state index contributed by atoms with van der Waals surface area (Å²) in [5, 5.41) is 24.5. The molecule has 0 unspecified atom stereocenters. The maximum absolute atomic E-state index is 12.9. The van der Waals surface area contributed by atoms with Gasteiger partial charge < -0.3 is 25.0 Å². The number of amides is 1. The molecular weight excluding hydrogens is 408 g/mol. The summed E-state index contributed by atoms with van der Waals surface area (Å²) in [6, 6.07) is 12.4. The largest absolute Gasteiger partial charge is 0.504 e. The molecule has 2 aromatic carbocycles. The van der Waals surface area contributed by atoms with Crippen molar-refractivity contribution in [3.8, 4) is 17.2 Å². The number of nitrogens with one attached hydrogen (secondary N) is 1. The Morgan fingerprint density at radius 3 is 2.62 bits per heavy atom. The van der Waals surface area contributed by atoms with Crippen molar-refractivity contribution in [3.63, 3.8) is 0 Å². The lowest BCUT2D eigenvalue weighted by atomic mass is 9.66. The molecule has 2 fully saturated rings. The van der Waals surface area contributed by atoms with Crippen molar-refractivity contribution in [1.29, 1.82) is 0 Å².